The first-order valence-electron chi connectivity index (χ1n) is 26.4. The van der Waals surface area contributed by atoms with Crippen molar-refractivity contribution in [2.45, 2.75) is 25.7 Å². The van der Waals surface area contributed by atoms with E-state index < -0.39 is 35.4 Å². The van der Waals surface area contributed by atoms with Crippen LogP contribution in [0.3, 0.4) is 0 Å². The van der Waals surface area contributed by atoms with Gasteiger partial charge in [-0.25, -0.2) is 0 Å². The summed E-state index contributed by atoms with van der Waals surface area (Å²) in [7, 11) is 0. The highest BCUT2D eigenvalue weighted by Crippen LogP contribution is 2.27. The number of hydrogen-bond acceptors (Lipinski definition) is 12. The number of nitrogens with zero attached hydrogens (tertiary/aromatic N) is 4. The maximum atomic E-state index is 14.1. The molecule has 0 aromatic heterocycles. The Morgan fingerprint density at radius 1 is 0.325 bits per heavy atom. The first kappa shape index (κ1) is 51.7. The van der Waals surface area contributed by atoms with Crippen LogP contribution in [0.2, 0.25) is 0 Å². The molecule has 0 radical (unpaired) electrons. The van der Waals surface area contributed by atoms with E-state index >= 15 is 0 Å². The molecule has 4 heterocycles. The molecule has 7 aromatic rings. The summed E-state index contributed by atoms with van der Waals surface area (Å²) in [5, 5.41) is 23.7. The van der Waals surface area contributed by atoms with Gasteiger partial charge < -0.3 is 42.5 Å². The third-order valence-corrected chi connectivity index (χ3v) is 13.8. The van der Waals surface area contributed by atoms with Gasteiger partial charge in [-0.3, -0.25) is 48.7 Å². The van der Waals surface area contributed by atoms with Crippen LogP contribution in [0.1, 0.15) is 110 Å². The minimum Gasteiger partial charge on any atom is -0.368 e. The Balaban J connectivity index is 0.815. The zero-order valence-corrected chi connectivity index (χ0v) is 43.3. The summed E-state index contributed by atoms with van der Waals surface area (Å²) in [5.41, 5.74) is 8.74. The number of benzene rings is 7. The average Bonchev–Trinajstić information content (AvgIpc) is 4.37. The van der Waals surface area contributed by atoms with Crippen molar-refractivity contribution in [3.8, 4) is 0 Å². The van der Waals surface area contributed by atoms with E-state index in [-0.39, 0.29) is 44.8 Å². The van der Waals surface area contributed by atoms with Crippen LogP contribution < -0.4 is 42.5 Å². The summed E-state index contributed by atoms with van der Waals surface area (Å²) in [4.78, 5) is 102. The Labute approximate surface area is 460 Å². The van der Waals surface area contributed by atoms with Gasteiger partial charge in [0.2, 0.25) is 0 Å². The van der Waals surface area contributed by atoms with Gasteiger partial charge in [0.1, 0.15) is 11.7 Å². The summed E-state index contributed by atoms with van der Waals surface area (Å²) in [6.45, 7) is 4.47. The fourth-order valence-electron chi connectivity index (χ4n) is 9.59. The summed E-state index contributed by atoms with van der Waals surface area (Å²) in [6.07, 6.45) is 3.80. The third-order valence-electron chi connectivity index (χ3n) is 13.8. The molecule has 8 N–H and O–H groups in total. The largest absolute Gasteiger partial charge is 0.368 e. The number of carbonyl (C=O) groups excluding carboxylic acids is 6. The molecule has 0 aliphatic carbocycles. The predicted molar refractivity (Wildman–Crippen MR) is 313 cm³/mol. The Kier molecular flexibility index (Phi) is 15.2. The lowest BCUT2D eigenvalue weighted by Crippen LogP contribution is -2.21. The lowest BCUT2D eigenvalue weighted by molar-refractivity contribution is 0.100. The van der Waals surface area contributed by atoms with Gasteiger partial charge in [0.15, 0.2) is 0 Å². The fraction of sp³-hybridized carbons (Fsp3) is 0.161. The monoisotopic (exact) mass is 1060 g/mol. The van der Waals surface area contributed by atoms with E-state index in [0.29, 0.717) is 35.8 Å². The fourth-order valence-corrected chi connectivity index (χ4v) is 9.59. The van der Waals surface area contributed by atoms with Crippen molar-refractivity contribution < 1.29 is 28.8 Å². The number of amidine groups is 2. The molecule has 11 rings (SSSR count). The lowest BCUT2D eigenvalue weighted by atomic mass is 10.0. The molecule has 0 saturated carbocycles. The second-order valence-electron chi connectivity index (χ2n) is 19.3. The number of nitrogens with one attached hydrogen (secondary N) is 8. The normalized spacial score (nSPS) is 14.3. The minimum absolute atomic E-state index is 0.0555. The van der Waals surface area contributed by atoms with Gasteiger partial charge in [-0.05, 0) is 170 Å². The molecule has 4 aliphatic heterocycles. The van der Waals surface area contributed by atoms with Gasteiger partial charge in [0, 0.05) is 93.7 Å². The highest BCUT2D eigenvalue weighted by Gasteiger charge is 2.22. The van der Waals surface area contributed by atoms with Crippen molar-refractivity contribution in [3.63, 3.8) is 0 Å². The average molecular weight is 1060 g/mol. The van der Waals surface area contributed by atoms with E-state index in [4.69, 9.17) is 0 Å². The maximum Gasteiger partial charge on any atom is 0.257 e. The molecule has 398 valence electrons. The molecule has 4 aliphatic rings. The molecule has 80 heavy (non-hydrogen) atoms. The van der Waals surface area contributed by atoms with Crippen LogP contribution in [0.5, 0.6) is 0 Å². The van der Waals surface area contributed by atoms with Crippen LogP contribution in [-0.2, 0) is 0 Å². The van der Waals surface area contributed by atoms with Crippen molar-refractivity contribution in [1.29, 1.82) is 0 Å². The van der Waals surface area contributed by atoms with Crippen molar-refractivity contribution in [3.05, 3.63) is 213 Å². The number of aliphatic imine (C=N–C) groups is 4. The smallest absolute Gasteiger partial charge is 0.257 e. The van der Waals surface area contributed by atoms with Crippen molar-refractivity contribution in [1.82, 2.24) is 10.6 Å². The van der Waals surface area contributed by atoms with Crippen LogP contribution >= 0.6 is 0 Å². The van der Waals surface area contributed by atoms with E-state index in [9.17, 15) is 28.8 Å². The Hall–Kier alpha value is -10.4. The van der Waals surface area contributed by atoms with Crippen molar-refractivity contribution >= 4 is 92.7 Å². The van der Waals surface area contributed by atoms with Crippen LogP contribution in [0.25, 0.3) is 0 Å². The number of amides is 6. The Morgan fingerprint density at radius 3 is 0.975 bits per heavy atom. The van der Waals surface area contributed by atoms with Crippen LogP contribution in [0, 0.1) is 0 Å². The van der Waals surface area contributed by atoms with E-state index in [2.05, 4.69) is 62.5 Å². The number of carbonyl (C=O) groups is 6. The summed E-state index contributed by atoms with van der Waals surface area (Å²) < 4.78 is 0. The van der Waals surface area contributed by atoms with Crippen molar-refractivity contribution in [2.75, 3.05) is 71.2 Å². The number of anilines is 6. The molecular weight excluding hydrogens is 1010 g/mol. The summed E-state index contributed by atoms with van der Waals surface area (Å²) in [6, 6.07) is 43.8. The summed E-state index contributed by atoms with van der Waals surface area (Å²) in [5.74, 6) is -1.74. The molecule has 0 spiro atoms. The zero-order valence-electron chi connectivity index (χ0n) is 43.3. The van der Waals surface area contributed by atoms with E-state index in [0.717, 1.165) is 97.2 Å². The van der Waals surface area contributed by atoms with Gasteiger partial charge in [-0.2, -0.15) is 0 Å². The Bertz CT molecular complexity index is 3460. The third kappa shape index (κ3) is 12.1. The second-order valence-corrected chi connectivity index (χ2v) is 19.3. The molecule has 18 heteroatoms. The first-order valence-corrected chi connectivity index (χ1v) is 26.4. The Morgan fingerprint density at radius 2 is 0.650 bits per heavy atom. The molecule has 0 atom stereocenters. The van der Waals surface area contributed by atoms with Gasteiger partial charge in [-0.15, -0.1) is 0 Å². The van der Waals surface area contributed by atoms with Gasteiger partial charge in [0.25, 0.3) is 35.4 Å². The van der Waals surface area contributed by atoms with Gasteiger partial charge in [-0.1, -0.05) is 24.3 Å². The molecule has 18 nitrogen and oxygen atoms in total. The zero-order chi connectivity index (χ0) is 55.0. The number of hydrogen-bond donors (Lipinski definition) is 8. The molecular formula is C62H54N12O6. The lowest BCUT2D eigenvalue weighted by Gasteiger charge is -2.15. The molecule has 0 unspecified atom stereocenters. The molecule has 7 aromatic carbocycles. The standard InChI is InChI=1S/C62H54N12O6/c75-57(73-53-36-44(60(78)70-46-23-13-39(14-24-46)55-65-31-32-66-55)18-27-49(53)61(79)71-47-21-11-38(12-22-47)52-4-2-30-64-52)41-5-7-42(8-6-41)58(76)74-54-35-43(59(77)69-45-19-9-37(10-20-45)51-3-1-29-63-51)17-28-50(54)62(80)72-48-25-15-40(16-26-48)56-67-33-34-68-56/h5-28,35-36H,1-4,29-34H2,(H,65,66)(H,67,68)(H,69,77)(H,70,78)(H,71,79)(H,72,80)(H,73,75)(H,74,76). The van der Waals surface area contributed by atoms with Gasteiger partial charge in [0.05, 0.1) is 35.6 Å². The summed E-state index contributed by atoms with van der Waals surface area (Å²) >= 11 is 0. The topological polar surface area (TPSA) is 248 Å². The van der Waals surface area contributed by atoms with Crippen LogP contribution in [0.4, 0.5) is 34.1 Å². The van der Waals surface area contributed by atoms with E-state index in [1.165, 1.54) is 60.7 Å². The second kappa shape index (κ2) is 23.5. The predicted octanol–water partition coefficient (Wildman–Crippen LogP) is 9.07. The molecule has 0 bridgehead atoms. The minimum atomic E-state index is -0.635. The highest BCUT2D eigenvalue weighted by atomic mass is 16.2. The van der Waals surface area contributed by atoms with E-state index in [1.54, 1.807) is 48.5 Å². The van der Waals surface area contributed by atoms with E-state index in [1.807, 2.05) is 48.5 Å². The first-order chi connectivity index (χ1) is 39.1. The molecule has 0 saturated heterocycles. The number of rotatable bonds is 16. The SMILES string of the molecule is O=C(Nc1ccc(C2=NCCN2)cc1)c1ccc(C(=O)Nc2ccc(C3=NCCC3)cc2)c(NC(=O)c2ccc(C(=O)Nc3cc(C(=O)Nc4ccc(C5=NCCC5)cc4)ccc3C(=O)Nc3ccc(C4=NCCN4)cc3)cc2)c1. The quantitative estimate of drug-likeness (QED) is 0.0463. The van der Waals surface area contributed by atoms with Crippen molar-refractivity contribution in [2.24, 2.45) is 20.0 Å². The van der Waals surface area contributed by atoms with Crippen LogP contribution in [0.15, 0.2) is 178 Å². The van der Waals surface area contributed by atoms with Gasteiger partial charge >= 0.3 is 0 Å². The highest BCUT2D eigenvalue weighted by molar-refractivity contribution is 6.17. The maximum absolute atomic E-state index is 14.1. The van der Waals surface area contributed by atoms with Crippen LogP contribution in [-0.4, -0.2) is 97.8 Å². The molecule has 0 fully saturated rings. The molecule has 6 amide bonds.